The molecular formula is C13H19N3O. The third kappa shape index (κ3) is 3.54. The molecule has 2 rings (SSSR count). The maximum atomic E-state index is 10.9. The van der Waals surface area contributed by atoms with E-state index in [1.807, 2.05) is 12.1 Å². The SMILES string of the molecule is NC(=O)c1ccc(CNC2CCNCC2)cc1. The van der Waals surface area contributed by atoms with Gasteiger partial charge < -0.3 is 16.4 Å². The Hall–Kier alpha value is -1.39. The van der Waals surface area contributed by atoms with E-state index in [0.717, 1.165) is 19.6 Å². The van der Waals surface area contributed by atoms with E-state index in [1.54, 1.807) is 12.1 Å². The van der Waals surface area contributed by atoms with Gasteiger partial charge in [0.2, 0.25) is 5.91 Å². The summed E-state index contributed by atoms with van der Waals surface area (Å²) in [6, 6.07) is 8.07. The Bertz CT molecular complexity index is 369. The lowest BCUT2D eigenvalue weighted by atomic mass is 10.1. The summed E-state index contributed by atoms with van der Waals surface area (Å²) in [6.07, 6.45) is 2.36. The first-order valence-electron chi connectivity index (χ1n) is 6.08. The Kier molecular flexibility index (Phi) is 4.12. The van der Waals surface area contributed by atoms with Gasteiger partial charge in [-0.15, -0.1) is 0 Å². The first kappa shape index (κ1) is 12.1. The number of primary amides is 1. The minimum atomic E-state index is -0.372. The second-order valence-electron chi connectivity index (χ2n) is 4.47. The Balaban J connectivity index is 1.84. The number of nitrogens with one attached hydrogen (secondary N) is 2. The first-order chi connectivity index (χ1) is 8.25. The van der Waals surface area contributed by atoms with Crippen molar-refractivity contribution in [2.75, 3.05) is 13.1 Å². The molecule has 1 amide bonds. The van der Waals surface area contributed by atoms with Gasteiger partial charge in [-0.1, -0.05) is 12.1 Å². The lowest BCUT2D eigenvalue weighted by Crippen LogP contribution is -2.39. The molecule has 1 fully saturated rings. The van der Waals surface area contributed by atoms with Crippen LogP contribution in [-0.4, -0.2) is 25.0 Å². The quantitative estimate of drug-likeness (QED) is 0.714. The fraction of sp³-hybridized carbons (Fsp3) is 0.462. The van der Waals surface area contributed by atoms with Crippen LogP contribution in [-0.2, 0) is 6.54 Å². The van der Waals surface area contributed by atoms with E-state index in [2.05, 4.69) is 10.6 Å². The Morgan fingerprint density at radius 2 is 1.94 bits per heavy atom. The van der Waals surface area contributed by atoms with E-state index < -0.39 is 0 Å². The van der Waals surface area contributed by atoms with Gasteiger partial charge in [-0.2, -0.15) is 0 Å². The van der Waals surface area contributed by atoms with Crippen molar-refractivity contribution >= 4 is 5.91 Å². The number of piperidine rings is 1. The fourth-order valence-corrected chi connectivity index (χ4v) is 2.08. The van der Waals surface area contributed by atoms with Crippen LogP contribution in [0, 0.1) is 0 Å². The van der Waals surface area contributed by atoms with Gasteiger partial charge in [-0.3, -0.25) is 4.79 Å². The number of nitrogens with two attached hydrogens (primary N) is 1. The van der Waals surface area contributed by atoms with Crippen LogP contribution in [0.2, 0.25) is 0 Å². The summed E-state index contributed by atoms with van der Waals surface area (Å²) in [5.74, 6) is -0.372. The maximum absolute atomic E-state index is 10.9. The van der Waals surface area contributed by atoms with Crippen LogP contribution in [0.1, 0.15) is 28.8 Å². The molecule has 1 saturated heterocycles. The van der Waals surface area contributed by atoms with Crippen molar-refractivity contribution in [3.63, 3.8) is 0 Å². The molecule has 1 heterocycles. The minimum Gasteiger partial charge on any atom is -0.366 e. The topological polar surface area (TPSA) is 67.2 Å². The van der Waals surface area contributed by atoms with E-state index in [-0.39, 0.29) is 5.91 Å². The van der Waals surface area contributed by atoms with Crippen LogP contribution in [0.4, 0.5) is 0 Å². The molecule has 0 radical (unpaired) electrons. The lowest BCUT2D eigenvalue weighted by molar-refractivity contribution is 0.100. The summed E-state index contributed by atoms with van der Waals surface area (Å²) in [7, 11) is 0. The van der Waals surface area contributed by atoms with E-state index in [0.29, 0.717) is 11.6 Å². The zero-order chi connectivity index (χ0) is 12.1. The van der Waals surface area contributed by atoms with Gasteiger partial charge >= 0.3 is 0 Å². The molecule has 4 nitrogen and oxygen atoms in total. The van der Waals surface area contributed by atoms with Gasteiger partial charge in [-0.05, 0) is 43.6 Å². The zero-order valence-electron chi connectivity index (χ0n) is 9.91. The summed E-state index contributed by atoms with van der Waals surface area (Å²) in [6.45, 7) is 3.04. The second kappa shape index (κ2) is 5.80. The predicted octanol–water partition coefficient (Wildman–Crippen LogP) is 0.627. The van der Waals surface area contributed by atoms with Crippen molar-refractivity contribution in [3.8, 4) is 0 Å². The molecule has 1 aliphatic rings. The molecule has 1 aromatic carbocycles. The summed E-state index contributed by atoms with van der Waals surface area (Å²) in [5, 5.41) is 6.87. The molecule has 92 valence electrons. The molecule has 0 unspecified atom stereocenters. The Morgan fingerprint density at radius 1 is 1.29 bits per heavy atom. The monoisotopic (exact) mass is 233 g/mol. The van der Waals surface area contributed by atoms with Crippen molar-refractivity contribution in [1.29, 1.82) is 0 Å². The number of carbonyl (C=O) groups excluding carboxylic acids is 1. The first-order valence-corrected chi connectivity index (χ1v) is 6.08. The average Bonchev–Trinajstić information content (AvgIpc) is 2.38. The summed E-state index contributed by atoms with van der Waals surface area (Å²) >= 11 is 0. The van der Waals surface area contributed by atoms with Crippen molar-refractivity contribution in [3.05, 3.63) is 35.4 Å². The fourth-order valence-electron chi connectivity index (χ4n) is 2.08. The minimum absolute atomic E-state index is 0.372. The number of carbonyl (C=O) groups is 1. The van der Waals surface area contributed by atoms with Crippen LogP contribution in [0.3, 0.4) is 0 Å². The van der Waals surface area contributed by atoms with Crippen molar-refractivity contribution < 1.29 is 4.79 Å². The average molecular weight is 233 g/mol. The highest BCUT2D eigenvalue weighted by molar-refractivity contribution is 5.92. The number of amides is 1. The standard InChI is InChI=1S/C13H19N3O/c14-13(17)11-3-1-10(2-4-11)9-16-12-5-7-15-8-6-12/h1-4,12,15-16H,5-9H2,(H2,14,17). The number of benzene rings is 1. The third-order valence-electron chi connectivity index (χ3n) is 3.17. The summed E-state index contributed by atoms with van der Waals surface area (Å²) in [5.41, 5.74) is 6.95. The van der Waals surface area contributed by atoms with Gasteiger partial charge in [0, 0.05) is 18.2 Å². The molecule has 0 aromatic heterocycles. The van der Waals surface area contributed by atoms with Crippen LogP contribution in [0.25, 0.3) is 0 Å². The summed E-state index contributed by atoms with van der Waals surface area (Å²) < 4.78 is 0. The smallest absolute Gasteiger partial charge is 0.248 e. The Labute approximate surface area is 102 Å². The highest BCUT2D eigenvalue weighted by Crippen LogP contribution is 2.06. The molecule has 17 heavy (non-hydrogen) atoms. The van der Waals surface area contributed by atoms with Gasteiger partial charge in [-0.25, -0.2) is 0 Å². The molecule has 0 aliphatic carbocycles. The highest BCUT2D eigenvalue weighted by atomic mass is 16.1. The second-order valence-corrected chi connectivity index (χ2v) is 4.47. The van der Waals surface area contributed by atoms with Crippen molar-refractivity contribution in [2.45, 2.75) is 25.4 Å². The highest BCUT2D eigenvalue weighted by Gasteiger charge is 2.11. The molecule has 1 aromatic rings. The van der Waals surface area contributed by atoms with Gasteiger partial charge in [0.15, 0.2) is 0 Å². The van der Waals surface area contributed by atoms with E-state index in [4.69, 9.17) is 5.73 Å². The molecule has 0 saturated carbocycles. The van der Waals surface area contributed by atoms with E-state index >= 15 is 0 Å². The molecule has 0 bridgehead atoms. The van der Waals surface area contributed by atoms with Crippen LogP contribution in [0.15, 0.2) is 24.3 Å². The summed E-state index contributed by atoms with van der Waals surface area (Å²) in [4.78, 5) is 10.9. The van der Waals surface area contributed by atoms with Crippen molar-refractivity contribution in [2.24, 2.45) is 5.73 Å². The van der Waals surface area contributed by atoms with Crippen LogP contribution >= 0.6 is 0 Å². The third-order valence-corrected chi connectivity index (χ3v) is 3.17. The zero-order valence-corrected chi connectivity index (χ0v) is 9.91. The van der Waals surface area contributed by atoms with Gasteiger partial charge in [0.1, 0.15) is 0 Å². The number of hydrogen-bond donors (Lipinski definition) is 3. The molecule has 1 aliphatic heterocycles. The van der Waals surface area contributed by atoms with Crippen LogP contribution < -0.4 is 16.4 Å². The normalized spacial score (nSPS) is 16.9. The molecule has 4 N–H and O–H groups in total. The maximum Gasteiger partial charge on any atom is 0.248 e. The number of hydrogen-bond acceptors (Lipinski definition) is 3. The molecule has 0 spiro atoms. The number of rotatable bonds is 4. The largest absolute Gasteiger partial charge is 0.366 e. The van der Waals surface area contributed by atoms with Gasteiger partial charge in [0.05, 0.1) is 0 Å². The van der Waals surface area contributed by atoms with E-state index in [1.165, 1.54) is 18.4 Å². The molecule has 0 atom stereocenters. The van der Waals surface area contributed by atoms with Crippen LogP contribution in [0.5, 0.6) is 0 Å². The molecule has 4 heteroatoms. The molecular weight excluding hydrogens is 214 g/mol. The lowest BCUT2D eigenvalue weighted by Gasteiger charge is -2.23. The Morgan fingerprint density at radius 3 is 2.53 bits per heavy atom. The predicted molar refractivity (Wildman–Crippen MR) is 67.7 cm³/mol. The van der Waals surface area contributed by atoms with Crippen molar-refractivity contribution in [1.82, 2.24) is 10.6 Å². The van der Waals surface area contributed by atoms with E-state index in [9.17, 15) is 4.79 Å². The van der Waals surface area contributed by atoms with Gasteiger partial charge in [0.25, 0.3) is 0 Å².